The third-order valence-corrected chi connectivity index (χ3v) is 4.57. The van der Waals surface area contributed by atoms with Crippen molar-refractivity contribution in [1.82, 2.24) is 24.8 Å². The molecule has 1 aromatic carbocycles. The Kier molecular flexibility index (Phi) is 2.58. The first-order valence-corrected chi connectivity index (χ1v) is 7.71. The zero-order valence-electron chi connectivity index (χ0n) is 12.8. The van der Waals surface area contributed by atoms with Gasteiger partial charge in [0.15, 0.2) is 0 Å². The Balaban J connectivity index is 1.70. The summed E-state index contributed by atoms with van der Waals surface area (Å²) >= 11 is 0. The maximum absolute atomic E-state index is 13.5. The van der Waals surface area contributed by atoms with Crippen LogP contribution in [0, 0.1) is 5.82 Å². The molecule has 119 valence electrons. The highest BCUT2D eigenvalue weighted by Gasteiger charge is 2.47. The summed E-state index contributed by atoms with van der Waals surface area (Å²) in [5, 5.41) is 8.15. The summed E-state index contributed by atoms with van der Waals surface area (Å²) in [5.74, 6) is 0.897. The summed E-state index contributed by atoms with van der Waals surface area (Å²) in [6, 6.07) is 4.18. The van der Waals surface area contributed by atoms with Gasteiger partial charge in [-0.2, -0.15) is 9.67 Å². The zero-order chi connectivity index (χ0) is 16.4. The monoisotopic (exact) mass is 324 g/mol. The molecule has 1 amide bonds. The maximum Gasteiger partial charge on any atom is 0.318 e. The molecule has 7 nitrogen and oxygen atoms in total. The number of anilines is 1. The highest BCUT2D eigenvalue weighted by Crippen LogP contribution is 2.42. The van der Waals surface area contributed by atoms with Crippen molar-refractivity contribution in [1.29, 1.82) is 0 Å². The molecule has 1 aromatic heterocycles. The van der Waals surface area contributed by atoms with E-state index in [0.717, 1.165) is 18.5 Å². The van der Waals surface area contributed by atoms with E-state index in [1.54, 1.807) is 35.2 Å². The molecule has 0 atom stereocenters. The number of amides is 1. The van der Waals surface area contributed by atoms with Crippen molar-refractivity contribution in [2.45, 2.75) is 18.8 Å². The van der Waals surface area contributed by atoms with Crippen LogP contribution in [0.3, 0.4) is 0 Å². The van der Waals surface area contributed by atoms with E-state index in [1.807, 2.05) is 0 Å². The average molecular weight is 324 g/mol. The largest absolute Gasteiger partial charge is 0.318 e. The molecule has 8 heteroatoms. The topological polar surface area (TPSA) is 69.3 Å². The van der Waals surface area contributed by atoms with Gasteiger partial charge in [0.1, 0.15) is 11.4 Å². The third kappa shape index (κ3) is 1.74. The van der Waals surface area contributed by atoms with E-state index in [0.29, 0.717) is 28.8 Å². The molecular weight excluding hydrogens is 311 g/mol. The number of aromatic nitrogens is 3. The van der Waals surface area contributed by atoms with E-state index >= 15 is 0 Å². The minimum absolute atomic E-state index is 0.271. The zero-order valence-corrected chi connectivity index (χ0v) is 12.8. The molecule has 1 radical (unpaired) electrons. The van der Waals surface area contributed by atoms with Crippen molar-refractivity contribution in [3.05, 3.63) is 47.3 Å². The van der Waals surface area contributed by atoms with Gasteiger partial charge in [-0.3, -0.25) is 9.69 Å². The number of carbonyl (C=O) groups excluding carboxylic acids is 1. The number of hydrogen-bond acceptors (Lipinski definition) is 5. The number of rotatable bonds is 2. The molecule has 3 heterocycles. The molecule has 2 aromatic rings. The van der Waals surface area contributed by atoms with Crippen molar-refractivity contribution < 1.29 is 9.18 Å². The van der Waals surface area contributed by atoms with E-state index < -0.39 is 5.82 Å². The summed E-state index contributed by atoms with van der Waals surface area (Å²) < 4.78 is 15.2. The number of halogens is 1. The molecule has 0 N–H and O–H groups in total. The van der Waals surface area contributed by atoms with Crippen LogP contribution >= 0.6 is 0 Å². The van der Waals surface area contributed by atoms with Crippen LogP contribution in [0.2, 0.25) is 0 Å². The standard InChI is InChI=1S/C16H13FN6O/c1-21-15-14(23-13(7-19-20-23)9-2-3-9)18-8-22(15)12-5-4-10(17)6-11(12)16(21)24/h4-9H,2-3H2,1H3/q+1. The maximum atomic E-state index is 13.5. The average Bonchev–Trinajstić information content (AvgIpc) is 3.14. The number of fused-ring (bicyclic) bond motifs is 3. The lowest BCUT2D eigenvalue weighted by atomic mass is 10.1. The van der Waals surface area contributed by atoms with Crippen LogP contribution in [0.4, 0.5) is 10.1 Å². The van der Waals surface area contributed by atoms with E-state index in [-0.39, 0.29) is 5.91 Å². The molecule has 0 spiro atoms. The number of nitrogens with zero attached hydrogens (tertiary/aromatic N) is 6. The van der Waals surface area contributed by atoms with Gasteiger partial charge in [-0.1, -0.05) is 5.21 Å². The molecule has 1 aliphatic carbocycles. The van der Waals surface area contributed by atoms with Gasteiger partial charge in [0.2, 0.25) is 11.5 Å². The summed E-state index contributed by atoms with van der Waals surface area (Å²) in [6.07, 6.45) is 5.60. The fourth-order valence-corrected chi connectivity index (χ4v) is 3.20. The van der Waals surface area contributed by atoms with Crippen molar-refractivity contribution in [3.63, 3.8) is 0 Å². The second kappa shape index (κ2) is 4.57. The molecule has 24 heavy (non-hydrogen) atoms. The van der Waals surface area contributed by atoms with Crippen molar-refractivity contribution in [3.8, 4) is 0 Å². The second-order valence-electron chi connectivity index (χ2n) is 6.13. The van der Waals surface area contributed by atoms with Crippen LogP contribution in [0.15, 0.2) is 35.2 Å². The molecule has 3 aliphatic rings. The molecule has 0 saturated heterocycles. The number of benzene rings is 1. The van der Waals surface area contributed by atoms with Gasteiger partial charge in [-0.25, -0.2) is 4.39 Å². The lowest BCUT2D eigenvalue weighted by molar-refractivity contribution is 0.0814. The summed E-state index contributed by atoms with van der Waals surface area (Å²) in [7, 11) is 1.65. The first-order chi connectivity index (χ1) is 11.6. The van der Waals surface area contributed by atoms with Crippen LogP contribution in [-0.2, 0) is 0 Å². The number of hydrogen-bond donors (Lipinski definition) is 0. The normalized spacial score (nSPS) is 19.9. The quantitative estimate of drug-likeness (QED) is 0.793. The molecule has 0 bridgehead atoms. The fourth-order valence-electron chi connectivity index (χ4n) is 3.20. The SMILES string of the molecule is CN1C(=O)c2cc(F)ccc2[N+]2C=NC(n3nncc3C3CC3)=C12. The van der Waals surface area contributed by atoms with Gasteiger partial charge in [0, 0.05) is 19.0 Å². The summed E-state index contributed by atoms with van der Waals surface area (Å²) in [5.41, 5.74) is 1.93. The number of carbonyl (C=O) groups is 1. The highest BCUT2D eigenvalue weighted by atomic mass is 19.1. The Hall–Kier alpha value is -2.87. The first kappa shape index (κ1) is 13.6. The smallest absolute Gasteiger partial charge is 0.268 e. The Morgan fingerprint density at radius 3 is 2.96 bits per heavy atom. The van der Waals surface area contributed by atoms with E-state index in [2.05, 4.69) is 15.3 Å². The molecule has 1 fully saturated rings. The minimum Gasteiger partial charge on any atom is -0.268 e. The highest BCUT2D eigenvalue weighted by molar-refractivity contribution is 6.06. The molecule has 2 aliphatic heterocycles. The van der Waals surface area contributed by atoms with Crippen LogP contribution in [0.25, 0.3) is 5.82 Å². The van der Waals surface area contributed by atoms with Gasteiger partial charge in [0.25, 0.3) is 12.2 Å². The lowest BCUT2D eigenvalue weighted by Crippen LogP contribution is -2.41. The van der Waals surface area contributed by atoms with Crippen LogP contribution in [-0.4, -0.2) is 39.2 Å². The summed E-state index contributed by atoms with van der Waals surface area (Å²) in [4.78, 5) is 20.4. The van der Waals surface area contributed by atoms with Gasteiger partial charge < -0.3 is 0 Å². The van der Waals surface area contributed by atoms with Gasteiger partial charge in [-0.05, 0) is 29.9 Å². The summed E-state index contributed by atoms with van der Waals surface area (Å²) in [6.45, 7) is 0. The second-order valence-corrected chi connectivity index (χ2v) is 6.13. The number of aliphatic imine (C=N–C) groups is 1. The van der Waals surface area contributed by atoms with Gasteiger partial charge >= 0.3 is 5.82 Å². The molecule has 1 saturated carbocycles. The molecule has 0 unspecified atom stereocenters. The first-order valence-electron chi connectivity index (χ1n) is 7.71. The van der Waals surface area contributed by atoms with E-state index in [4.69, 9.17) is 0 Å². The van der Waals surface area contributed by atoms with Gasteiger partial charge in [-0.15, -0.1) is 5.10 Å². The molecular formula is C16H13FN6O+. The Labute approximate surface area is 136 Å². The van der Waals surface area contributed by atoms with Crippen molar-refractivity contribution in [2.75, 3.05) is 7.05 Å². The van der Waals surface area contributed by atoms with E-state index in [1.165, 1.54) is 17.0 Å². The fraction of sp³-hybridized carbons (Fsp3) is 0.250. The van der Waals surface area contributed by atoms with Gasteiger partial charge in [0.05, 0.1) is 11.9 Å². The Bertz CT molecular complexity index is 942. The predicted molar refractivity (Wildman–Crippen MR) is 84.0 cm³/mol. The third-order valence-electron chi connectivity index (χ3n) is 4.57. The van der Waals surface area contributed by atoms with Crippen molar-refractivity contribution in [2.24, 2.45) is 4.99 Å². The minimum atomic E-state index is -0.438. The lowest BCUT2D eigenvalue weighted by Gasteiger charge is -2.24. The van der Waals surface area contributed by atoms with Crippen LogP contribution in [0.1, 0.15) is 34.8 Å². The Morgan fingerprint density at radius 1 is 1.33 bits per heavy atom. The Morgan fingerprint density at radius 2 is 2.17 bits per heavy atom. The van der Waals surface area contributed by atoms with Crippen LogP contribution < -0.4 is 4.90 Å². The van der Waals surface area contributed by atoms with E-state index in [9.17, 15) is 9.18 Å². The van der Waals surface area contributed by atoms with Crippen molar-refractivity contribution >= 4 is 23.8 Å². The van der Waals surface area contributed by atoms with Crippen LogP contribution in [0.5, 0.6) is 0 Å². The molecule has 5 rings (SSSR count). The predicted octanol–water partition coefficient (Wildman–Crippen LogP) is 1.98.